The SMILES string of the molecule is COCCNC(=O)c1c(C)cc(B2OC(C)(C)C(C)(C)O2)cc1F. The van der Waals surface area contributed by atoms with Crippen LogP contribution in [0.3, 0.4) is 0 Å². The van der Waals surface area contributed by atoms with E-state index in [1.807, 2.05) is 27.7 Å². The van der Waals surface area contributed by atoms with Crippen LogP contribution in [-0.2, 0) is 14.0 Å². The molecule has 1 amide bonds. The molecule has 1 aliphatic heterocycles. The van der Waals surface area contributed by atoms with Gasteiger partial charge in [0.2, 0.25) is 0 Å². The van der Waals surface area contributed by atoms with Gasteiger partial charge in [-0.05, 0) is 51.7 Å². The molecule has 1 N–H and O–H groups in total. The van der Waals surface area contributed by atoms with Gasteiger partial charge in [-0.25, -0.2) is 4.39 Å². The van der Waals surface area contributed by atoms with Gasteiger partial charge in [-0.3, -0.25) is 4.79 Å². The average molecular weight is 337 g/mol. The van der Waals surface area contributed by atoms with E-state index in [2.05, 4.69) is 5.32 Å². The Balaban J connectivity index is 2.23. The van der Waals surface area contributed by atoms with Crippen molar-refractivity contribution in [2.75, 3.05) is 20.3 Å². The first-order valence-corrected chi connectivity index (χ1v) is 8.02. The molecule has 5 nitrogen and oxygen atoms in total. The Labute approximate surface area is 143 Å². The lowest BCUT2D eigenvalue weighted by atomic mass is 9.77. The van der Waals surface area contributed by atoms with Crippen molar-refractivity contribution in [2.24, 2.45) is 0 Å². The van der Waals surface area contributed by atoms with E-state index in [0.29, 0.717) is 24.2 Å². The maximum absolute atomic E-state index is 14.5. The fourth-order valence-corrected chi connectivity index (χ4v) is 2.53. The van der Waals surface area contributed by atoms with Crippen LogP contribution in [0.5, 0.6) is 0 Å². The van der Waals surface area contributed by atoms with Crippen LogP contribution in [-0.4, -0.2) is 44.5 Å². The molecule has 132 valence electrons. The number of methoxy groups -OCH3 is 1. The van der Waals surface area contributed by atoms with Gasteiger partial charge in [0, 0.05) is 13.7 Å². The summed E-state index contributed by atoms with van der Waals surface area (Å²) in [6.45, 7) is 10.2. The first-order valence-electron chi connectivity index (χ1n) is 8.02. The summed E-state index contributed by atoms with van der Waals surface area (Å²) < 4.78 is 31.2. The lowest BCUT2D eigenvalue weighted by Gasteiger charge is -2.32. The van der Waals surface area contributed by atoms with Gasteiger partial charge in [0.15, 0.2) is 0 Å². The molecular weight excluding hydrogens is 312 g/mol. The van der Waals surface area contributed by atoms with Gasteiger partial charge in [-0.1, -0.05) is 6.07 Å². The zero-order valence-electron chi connectivity index (χ0n) is 15.2. The minimum absolute atomic E-state index is 0.0337. The summed E-state index contributed by atoms with van der Waals surface area (Å²) >= 11 is 0. The Bertz CT molecular complexity index is 594. The fourth-order valence-electron chi connectivity index (χ4n) is 2.53. The second-order valence-electron chi connectivity index (χ2n) is 7.03. The molecule has 2 rings (SSSR count). The van der Waals surface area contributed by atoms with Crippen LogP contribution in [0.15, 0.2) is 12.1 Å². The predicted molar refractivity (Wildman–Crippen MR) is 91.1 cm³/mol. The van der Waals surface area contributed by atoms with Crippen molar-refractivity contribution in [2.45, 2.75) is 45.8 Å². The van der Waals surface area contributed by atoms with E-state index in [9.17, 15) is 9.18 Å². The maximum Gasteiger partial charge on any atom is 0.494 e. The second-order valence-corrected chi connectivity index (χ2v) is 7.03. The highest BCUT2D eigenvalue weighted by molar-refractivity contribution is 6.62. The number of ether oxygens (including phenoxy) is 1. The lowest BCUT2D eigenvalue weighted by molar-refractivity contribution is 0.00578. The Kier molecular flexibility index (Phi) is 5.37. The highest BCUT2D eigenvalue weighted by atomic mass is 19.1. The molecule has 0 saturated carbocycles. The molecule has 0 aliphatic carbocycles. The minimum atomic E-state index is -0.659. The highest BCUT2D eigenvalue weighted by Gasteiger charge is 2.51. The van der Waals surface area contributed by atoms with E-state index in [0.717, 1.165) is 0 Å². The number of halogens is 1. The number of benzene rings is 1. The van der Waals surface area contributed by atoms with Crippen LogP contribution in [0.2, 0.25) is 0 Å². The third-order valence-corrected chi connectivity index (χ3v) is 4.65. The van der Waals surface area contributed by atoms with Crippen molar-refractivity contribution in [1.82, 2.24) is 5.32 Å². The number of amides is 1. The van der Waals surface area contributed by atoms with E-state index in [4.69, 9.17) is 14.0 Å². The lowest BCUT2D eigenvalue weighted by Crippen LogP contribution is -2.41. The van der Waals surface area contributed by atoms with Gasteiger partial charge >= 0.3 is 7.12 Å². The zero-order valence-corrected chi connectivity index (χ0v) is 15.2. The molecule has 7 heteroatoms. The number of hydrogen-bond donors (Lipinski definition) is 1. The van der Waals surface area contributed by atoms with E-state index in [-0.39, 0.29) is 5.56 Å². The van der Waals surface area contributed by atoms with Gasteiger partial charge in [0.1, 0.15) is 5.82 Å². The Morgan fingerprint density at radius 2 is 1.83 bits per heavy atom. The number of aryl methyl sites for hydroxylation is 1. The monoisotopic (exact) mass is 337 g/mol. The third kappa shape index (κ3) is 3.63. The summed E-state index contributed by atoms with van der Waals surface area (Å²) in [4.78, 5) is 12.1. The molecule has 1 fully saturated rings. The third-order valence-electron chi connectivity index (χ3n) is 4.65. The van der Waals surface area contributed by atoms with E-state index in [1.165, 1.54) is 13.2 Å². The van der Waals surface area contributed by atoms with Crippen LogP contribution in [0.25, 0.3) is 0 Å². The van der Waals surface area contributed by atoms with E-state index in [1.54, 1.807) is 13.0 Å². The molecule has 0 spiro atoms. The van der Waals surface area contributed by atoms with Gasteiger partial charge < -0.3 is 19.4 Å². The number of hydrogen-bond acceptors (Lipinski definition) is 4. The largest absolute Gasteiger partial charge is 0.494 e. The van der Waals surface area contributed by atoms with Crippen LogP contribution < -0.4 is 10.8 Å². The van der Waals surface area contributed by atoms with Crippen LogP contribution in [0.1, 0.15) is 43.6 Å². The van der Waals surface area contributed by atoms with Crippen molar-refractivity contribution >= 4 is 18.5 Å². The van der Waals surface area contributed by atoms with Crippen molar-refractivity contribution in [3.05, 3.63) is 29.1 Å². The summed E-state index contributed by atoms with van der Waals surface area (Å²) in [6.07, 6.45) is 0. The second kappa shape index (κ2) is 6.82. The van der Waals surface area contributed by atoms with Crippen molar-refractivity contribution < 1.29 is 23.2 Å². The highest BCUT2D eigenvalue weighted by Crippen LogP contribution is 2.36. The number of carbonyl (C=O) groups excluding carboxylic acids is 1. The molecule has 0 atom stereocenters. The first kappa shape index (κ1) is 18.9. The average Bonchev–Trinajstić information content (AvgIpc) is 2.67. The molecule has 0 bridgehead atoms. The van der Waals surface area contributed by atoms with Crippen molar-refractivity contribution in [3.8, 4) is 0 Å². The number of carbonyl (C=O) groups is 1. The normalized spacial score (nSPS) is 18.7. The standard InChI is InChI=1S/C17H25BFNO4/c1-11-9-12(18-23-16(2,3)17(4,5)24-18)10-13(19)14(11)15(21)20-7-8-22-6/h9-10H,7-8H2,1-6H3,(H,20,21). The predicted octanol–water partition coefficient (Wildman–Crippen LogP) is 1.81. The van der Waals surface area contributed by atoms with Crippen molar-refractivity contribution in [1.29, 1.82) is 0 Å². The molecule has 1 aromatic carbocycles. The molecule has 24 heavy (non-hydrogen) atoms. The van der Waals surface area contributed by atoms with Gasteiger partial charge in [-0.2, -0.15) is 0 Å². The van der Waals surface area contributed by atoms with Crippen molar-refractivity contribution in [3.63, 3.8) is 0 Å². The topological polar surface area (TPSA) is 56.8 Å². The van der Waals surface area contributed by atoms with E-state index >= 15 is 0 Å². The number of nitrogens with one attached hydrogen (secondary N) is 1. The van der Waals surface area contributed by atoms with Gasteiger partial charge in [0.05, 0.1) is 23.4 Å². The summed E-state index contributed by atoms with van der Waals surface area (Å²) in [5, 5.41) is 2.63. The van der Waals surface area contributed by atoms with Crippen LogP contribution >= 0.6 is 0 Å². The maximum atomic E-state index is 14.5. The van der Waals surface area contributed by atoms with E-state index < -0.39 is 30.0 Å². The molecule has 1 aliphatic rings. The van der Waals surface area contributed by atoms with Crippen LogP contribution in [0, 0.1) is 12.7 Å². The van der Waals surface area contributed by atoms with Gasteiger partial charge in [0.25, 0.3) is 5.91 Å². The molecular formula is C17H25BFNO4. The Morgan fingerprint density at radius 3 is 2.33 bits per heavy atom. The summed E-state index contributed by atoms with van der Waals surface area (Å²) in [5.41, 5.74) is 0.134. The molecule has 0 radical (unpaired) electrons. The van der Waals surface area contributed by atoms with Crippen LogP contribution in [0.4, 0.5) is 4.39 Å². The minimum Gasteiger partial charge on any atom is -0.399 e. The Hall–Kier alpha value is -1.44. The summed E-state index contributed by atoms with van der Waals surface area (Å²) in [7, 11) is 0.881. The molecule has 0 unspecified atom stereocenters. The molecule has 0 aromatic heterocycles. The fraction of sp³-hybridized carbons (Fsp3) is 0.588. The summed E-state index contributed by atoms with van der Waals surface area (Å²) in [6, 6.07) is 3.04. The smallest absolute Gasteiger partial charge is 0.399 e. The first-order chi connectivity index (χ1) is 11.1. The summed E-state index contributed by atoms with van der Waals surface area (Å²) in [5.74, 6) is -1.04. The molecule has 1 heterocycles. The van der Waals surface area contributed by atoms with Gasteiger partial charge in [-0.15, -0.1) is 0 Å². The zero-order chi connectivity index (χ0) is 18.1. The quantitative estimate of drug-likeness (QED) is 0.658. The molecule has 1 saturated heterocycles. The number of rotatable bonds is 5. The Morgan fingerprint density at radius 1 is 1.25 bits per heavy atom. The molecule has 1 aromatic rings.